The summed E-state index contributed by atoms with van der Waals surface area (Å²) < 4.78 is 25.5. The number of nitro benzene ring substituents is 1. The van der Waals surface area contributed by atoms with Crippen molar-refractivity contribution in [3.8, 4) is 17.2 Å². The molecule has 0 aliphatic rings. The zero-order valence-electron chi connectivity index (χ0n) is 21.3. The Kier molecular flexibility index (Phi) is 8.61. The molecular weight excluding hydrogens is 527 g/mol. The summed E-state index contributed by atoms with van der Waals surface area (Å²) in [5.41, 5.74) is 1.85. The smallest absolute Gasteiger partial charge is 0.319 e. The number of aromatic nitrogens is 3. The zero-order valence-corrected chi connectivity index (χ0v) is 22.1. The van der Waals surface area contributed by atoms with Gasteiger partial charge in [0.2, 0.25) is 0 Å². The molecule has 202 valence electrons. The lowest BCUT2D eigenvalue weighted by atomic mass is 10.2. The first-order valence-corrected chi connectivity index (χ1v) is 12.6. The maximum absolute atomic E-state index is 13.3. The third kappa shape index (κ3) is 6.82. The van der Waals surface area contributed by atoms with Crippen LogP contribution >= 0.6 is 11.8 Å². The first-order valence-electron chi connectivity index (χ1n) is 11.7. The van der Waals surface area contributed by atoms with E-state index in [4.69, 9.17) is 9.47 Å². The summed E-state index contributed by atoms with van der Waals surface area (Å²) in [6, 6.07) is 15.9. The average Bonchev–Trinajstić information content (AvgIpc) is 3.36. The predicted molar refractivity (Wildman–Crippen MR) is 144 cm³/mol. The van der Waals surface area contributed by atoms with Gasteiger partial charge in [0.1, 0.15) is 17.3 Å². The molecule has 0 bridgehead atoms. The molecular formula is C26H25FN6O5S. The van der Waals surface area contributed by atoms with E-state index in [-0.39, 0.29) is 11.5 Å². The molecule has 1 atom stereocenters. The zero-order chi connectivity index (χ0) is 27.9. The second-order valence-electron chi connectivity index (χ2n) is 8.29. The highest BCUT2D eigenvalue weighted by atomic mass is 32.2. The van der Waals surface area contributed by atoms with Crippen molar-refractivity contribution in [3.05, 3.63) is 94.0 Å². The van der Waals surface area contributed by atoms with Crippen molar-refractivity contribution < 1.29 is 23.6 Å². The van der Waals surface area contributed by atoms with Crippen molar-refractivity contribution in [1.29, 1.82) is 0 Å². The first-order chi connectivity index (χ1) is 18.8. The third-order valence-electron chi connectivity index (χ3n) is 5.60. The number of hydrogen-bond acceptors (Lipinski definition) is 8. The lowest BCUT2D eigenvalue weighted by Gasteiger charge is -2.17. The molecule has 39 heavy (non-hydrogen) atoms. The number of methoxy groups -OCH3 is 2. The number of rotatable bonds is 10. The lowest BCUT2D eigenvalue weighted by molar-refractivity contribution is -0.384. The SMILES string of the molecule is COc1cc(NC(=O)NC(C)c2nnc(SCc3ccc(F)cc3)n2-c2ccc([N+](=O)[O-])cc2)cc(OC)c1. The number of hydrogen-bond donors (Lipinski definition) is 2. The van der Waals surface area contributed by atoms with Crippen LogP contribution in [0.4, 0.5) is 20.6 Å². The number of carbonyl (C=O) groups is 1. The predicted octanol–water partition coefficient (Wildman–Crippen LogP) is 5.51. The van der Waals surface area contributed by atoms with Gasteiger partial charge in [-0.1, -0.05) is 23.9 Å². The molecule has 0 saturated carbocycles. The molecule has 1 aromatic heterocycles. The molecule has 1 unspecified atom stereocenters. The monoisotopic (exact) mass is 552 g/mol. The van der Waals surface area contributed by atoms with E-state index in [0.29, 0.717) is 39.6 Å². The molecule has 0 fully saturated rings. The molecule has 0 saturated heterocycles. The summed E-state index contributed by atoms with van der Waals surface area (Å²) in [6.07, 6.45) is 0. The highest BCUT2D eigenvalue weighted by molar-refractivity contribution is 7.98. The number of ether oxygens (including phenoxy) is 2. The Labute approximate surface area is 227 Å². The van der Waals surface area contributed by atoms with Crippen LogP contribution in [0.15, 0.2) is 71.9 Å². The normalized spacial score (nSPS) is 11.5. The number of nitrogens with one attached hydrogen (secondary N) is 2. The molecule has 2 N–H and O–H groups in total. The van der Waals surface area contributed by atoms with Crippen molar-refractivity contribution in [2.75, 3.05) is 19.5 Å². The van der Waals surface area contributed by atoms with Crippen LogP contribution < -0.4 is 20.1 Å². The van der Waals surface area contributed by atoms with E-state index in [0.717, 1.165) is 5.56 Å². The van der Waals surface area contributed by atoms with E-state index in [9.17, 15) is 19.3 Å². The molecule has 0 aliphatic heterocycles. The summed E-state index contributed by atoms with van der Waals surface area (Å²) in [6.45, 7) is 1.74. The summed E-state index contributed by atoms with van der Waals surface area (Å²) >= 11 is 1.36. The maximum atomic E-state index is 13.3. The number of amides is 2. The minimum Gasteiger partial charge on any atom is -0.497 e. The van der Waals surface area contributed by atoms with E-state index >= 15 is 0 Å². The van der Waals surface area contributed by atoms with Gasteiger partial charge in [-0.25, -0.2) is 9.18 Å². The van der Waals surface area contributed by atoms with Crippen molar-refractivity contribution in [3.63, 3.8) is 0 Å². The number of carbonyl (C=O) groups excluding carboxylic acids is 1. The summed E-state index contributed by atoms with van der Waals surface area (Å²) in [7, 11) is 3.02. The Morgan fingerprint density at radius 3 is 2.28 bits per heavy atom. The van der Waals surface area contributed by atoms with Crippen molar-refractivity contribution >= 4 is 29.2 Å². The van der Waals surface area contributed by atoms with Gasteiger partial charge < -0.3 is 20.1 Å². The molecule has 4 aromatic rings. The minimum absolute atomic E-state index is 0.0619. The van der Waals surface area contributed by atoms with Crippen LogP contribution in [-0.4, -0.2) is 39.9 Å². The number of nitro groups is 1. The summed E-state index contributed by atoms with van der Waals surface area (Å²) in [5.74, 6) is 1.58. The molecule has 3 aromatic carbocycles. The van der Waals surface area contributed by atoms with Crippen LogP contribution in [0.1, 0.15) is 24.4 Å². The van der Waals surface area contributed by atoms with Crippen LogP contribution in [0.5, 0.6) is 11.5 Å². The maximum Gasteiger partial charge on any atom is 0.319 e. The topological polar surface area (TPSA) is 133 Å². The van der Waals surface area contributed by atoms with E-state index in [1.807, 2.05) is 0 Å². The van der Waals surface area contributed by atoms with Gasteiger partial charge in [-0.05, 0) is 36.8 Å². The highest BCUT2D eigenvalue weighted by Crippen LogP contribution is 2.29. The van der Waals surface area contributed by atoms with Gasteiger partial charge in [0.05, 0.1) is 25.2 Å². The average molecular weight is 553 g/mol. The van der Waals surface area contributed by atoms with Crippen molar-refractivity contribution in [1.82, 2.24) is 20.1 Å². The molecule has 4 rings (SSSR count). The van der Waals surface area contributed by atoms with Crippen molar-refractivity contribution in [2.24, 2.45) is 0 Å². The number of nitrogens with zero attached hydrogens (tertiary/aromatic N) is 4. The van der Waals surface area contributed by atoms with Crippen LogP contribution in [0.2, 0.25) is 0 Å². The quantitative estimate of drug-likeness (QED) is 0.150. The molecule has 13 heteroatoms. The van der Waals surface area contributed by atoms with Crippen LogP contribution in [-0.2, 0) is 5.75 Å². The molecule has 0 aliphatic carbocycles. The van der Waals surface area contributed by atoms with E-state index < -0.39 is 17.0 Å². The number of thioether (sulfide) groups is 1. The third-order valence-corrected chi connectivity index (χ3v) is 6.60. The van der Waals surface area contributed by atoms with Gasteiger partial charge in [0, 0.05) is 47.5 Å². The van der Waals surface area contributed by atoms with Crippen LogP contribution in [0.25, 0.3) is 5.69 Å². The fourth-order valence-corrected chi connectivity index (χ4v) is 4.57. The lowest BCUT2D eigenvalue weighted by Crippen LogP contribution is -2.32. The fourth-order valence-electron chi connectivity index (χ4n) is 3.66. The standard InChI is InChI=1S/C26H25FN6O5S/c1-16(28-25(34)29-19-12-22(37-2)14-23(13-19)38-3)24-30-31-26(39-15-17-4-6-18(27)7-5-17)32(24)20-8-10-21(11-9-20)33(35)36/h4-14,16H,15H2,1-3H3,(H2,28,29,34). The Morgan fingerprint density at radius 1 is 1.05 bits per heavy atom. The number of benzene rings is 3. The number of halogens is 1. The highest BCUT2D eigenvalue weighted by Gasteiger charge is 2.22. The molecule has 2 amide bonds. The van der Waals surface area contributed by atoms with Gasteiger partial charge >= 0.3 is 6.03 Å². The second kappa shape index (κ2) is 12.3. The van der Waals surface area contributed by atoms with E-state index in [1.165, 1.54) is 50.2 Å². The minimum atomic E-state index is -0.611. The largest absolute Gasteiger partial charge is 0.497 e. The summed E-state index contributed by atoms with van der Waals surface area (Å²) in [4.78, 5) is 23.5. The Bertz CT molecular complexity index is 1440. The number of anilines is 1. The van der Waals surface area contributed by atoms with Gasteiger partial charge in [0.15, 0.2) is 11.0 Å². The van der Waals surface area contributed by atoms with Crippen LogP contribution in [0, 0.1) is 15.9 Å². The second-order valence-corrected chi connectivity index (χ2v) is 9.23. The van der Waals surface area contributed by atoms with Gasteiger partial charge in [-0.2, -0.15) is 0 Å². The van der Waals surface area contributed by atoms with E-state index in [2.05, 4.69) is 20.8 Å². The van der Waals surface area contributed by atoms with Crippen LogP contribution in [0.3, 0.4) is 0 Å². The Morgan fingerprint density at radius 2 is 1.69 bits per heavy atom. The van der Waals surface area contributed by atoms with Gasteiger partial charge in [-0.3, -0.25) is 14.7 Å². The number of urea groups is 1. The number of non-ortho nitro benzene ring substituents is 1. The van der Waals surface area contributed by atoms with Gasteiger partial charge in [-0.15, -0.1) is 10.2 Å². The van der Waals surface area contributed by atoms with Gasteiger partial charge in [0.25, 0.3) is 5.69 Å². The fraction of sp³-hybridized carbons (Fsp3) is 0.192. The van der Waals surface area contributed by atoms with Crippen molar-refractivity contribution in [2.45, 2.75) is 23.9 Å². The Balaban J connectivity index is 1.58. The summed E-state index contributed by atoms with van der Waals surface area (Å²) in [5, 5.41) is 25.8. The molecule has 0 spiro atoms. The molecule has 0 radical (unpaired) electrons. The Hall–Kier alpha value is -4.65. The van der Waals surface area contributed by atoms with E-state index in [1.54, 1.807) is 54.0 Å². The molecule has 11 nitrogen and oxygen atoms in total. The molecule has 1 heterocycles. The first kappa shape index (κ1) is 27.4.